The summed E-state index contributed by atoms with van der Waals surface area (Å²) >= 11 is 0. The zero-order chi connectivity index (χ0) is 14.2. The molecule has 1 amide bonds. The van der Waals surface area contributed by atoms with Crippen LogP contribution in [-0.2, 0) is 14.3 Å². The number of hydrogen-bond donors (Lipinski definition) is 2. The van der Waals surface area contributed by atoms with Gasteiger partial charge < -0.3 is 15.2 Å². The third kappa shape index (κ3) is 7.84. The number of rotatable bonds is 7. The molecule has 1 atom stereocenters. The largest absolute Gasteiger partial charge is 0.458 e. The summed E-state index contributed by atoms with van der Waals surface area (Å²) in [7, 11) is 0. The van der Waals surface area contributed by atoms with E-state index in [4.69, 9.17) is 9.84 Å². The fourth-order valence-corrected chi connectivity index (χ4v) is 1.25. The summed E-state index contributed by atoms with van der Waals surface area (Å²) in [4.78, 5) is 23.3. The smallest absolute Gasteiger partial charge is 0.329 e. The van der Waals surface area contributed by atoms with Crippen molar-refractivity contribution in [3.05, 3.63) is 12.7 Å². The van der Waals surface area contributed by atoms with Crippen LogP contribution in [0.4, 0.5) is 0 Å². The van der Waals surface area contributed by atoms with Gasteiger partial charge in [0, 0.05) is 19.4 Å². The molecule has 5 heteroatoms. The molecular formula is C13H23NO4. The van der Waals surface area contributed by atoms with Crippen molar-refractivity contribution in [3.63, 3.8) is 0 Å². The summed E-state index contributed by atoms with van der Waals surface area (Å²) in [5.41, 5.74) is -0.614. The Balaban J connectivity index is 4.41. The Hall–Kier alpha value is -1.36. The summed E-state index contributed by atoms with van der Waals surface area (Å²) in [5.74, 6) is -0.775. The van der Waals surface area contributed by atoms with Crippen molar-refractivity contribution in [3.8, 4) is 0 Å². The van der Waals surface area contributed by atoms with Crippen LogP contribution >= 0.6 is 0 Å². The molecule has 18 heavy (non-hydrogen) atoms. The van der Waals surface area contributed by atoms with Crippen molar-refractivity contribution in [2.45, 2.75) is 51.7 Å². The topological polar surface area (TPSA) is 75.6 Å². The second-order valence-corrected chi connectivity index (χ2v) is 4.99. The SMILES string of the molecule is C=CCCC(=O)N[C@@H](CCO)C(=O)OC(C)(C)C. The zero-order valence-corrected chi connectivity index (χ0v) is 11.4. The molecule has 0 fully saturated rings. The zero-order valence-electron chi connectivity index (χ0n) is 11.4. The van der Waals surface area contributed by atoms with Gasteiger partial charge in [-0.2, -0.15) is 0 Å². The first-order valence-corrected chi connectivity index (χ1v) is 6.04. The number of nitrogens with one attached hydrogen (secondary N) is 1. The first kappa shape index (κ1) is 16.6. The second-order valence-electron chi connectivity index (χ2n) is 4.99. The first-order chi connectivity index (χ1) is 8.30. The Morgan fingerprint density at radius 3 is 2.50 bits per heavy atom. The lowest BCUT2D eigenvalue weighted by atomic mass is 10.1. The van der Waals surface area contributed by atoms with Crippen LogP contribution in [-0.4, -0.2) is 35.2 Å². The van der Waals surface area contributed by atoms with Crippen LogP contribution in [0.25, 0.3) is 0 Å². The van der Waals surface area contributed by atoms with Gasteiger partial charge in [-0.25, -0.2) is 4.79 Å². The van der Waals surface area contributed by atoms with E-state index in [2.05, 4.69) is 11.9 Å². The first-order valence-electron chi connectivity index (χ1n) is 6.04. The van der Waals surface area contributed by atoms with Gasteiger partial charge >= 0.3 is 5.97 Å². The van der Waals surface area contributed by atoms with Crippen LogP contribution in [0.15, 0.2) is 12.7 Å². The minimum atomic E-state index is -0.799. The maximum atomic E-state index is 11.8. The van der Waals surface area contributed by atoms with Crippen LogP contribution in [0.5, 0.6) is 0 Å². The van der Waals surface area contributed by atoms with E-state index in [0.717, 1.165) is 0 Å². The number of ether oxygens (including phenoxy) is 1. The molecule has 0 aliphatic heterocycles. The van der Waals surface area contributed by atoms with E-state index in [1.54, 1.807) is 26.8 Å². The molecule has 0 aliphatic rings. The van der Waals surface area contributed by atoms with Crippen molar-refractivity contribution in [1.82, 2.24) is 5.32 Å². The van der Waals surface area contributed by atoms with Crippen LogP contribution in [0.2, 0.25) is 0 Å². The van der Waals surface area contributed by atoms with Crippen LogP contribution < -0.4 is 5.32 Å². The van der Waals surface area contributed by atoms with Gasteiger partial charge in [-0.05, 0) is 27.2 Å². The number of aliphatic hydroxyl groups excluding tert-OH is 1. The maximum absolute atomic E-state index is 11.8. The highest BCUT2D eigenvalue weighted by molar-refractivity contribution is 5.84. The Labute approximate surface area is 108 Å². The summed E-state index contributed by atoms with van der Waals surface area (Å²) in [5, 5.41) is 11.5. The maximum Gasteiger partial charge on any atom is 0.329 e. The molecule has 0 aliphatic carbocycles. The summed E-state index contributed by atoms with van der Waals surface area (Å²) < 4.78 is 5.17. The van der Waals surface area contributed by atoms with Crippen LogP contribution in [0.1, 0.15) is 40.0 Å². The Kier molecular flexibility index (Phi) is 7.27. The second kappa shape index (κ2) is 7.87. The van der Waals surface area contributed by atoms with E-state index in [0.29, 0.717) is 6.42 Å². The number of hydrogen-bond acceptors (Lipinski definition) is 4. The van der Waals surface area contributed by atoms with Crippen LogP contribution in [0.3, 0.4) is 0 Å². The molecule has 0 unspecified atom stereocenters. The molecule has 0 saturated carbocycles. The predicted octanol–water partition coefficient (Wildman–Crippen LogP) is 1.16. The average Bonchev–Trinajstić information content (AvgIpc) is 2.23. The molecule has 0 heterocycles. The van der Waals surface area contributed by atoms with Crippen molar-refractivity contribution >= 4 is 11.9 Å². The highest BCUT2D eigenvalue weighted by Gasteiger charge is 2.25. The van der Waals surface area contributed by atoms with Gasteiger partial charge in [-0.1, -0.05) is 6.08 Å². The number of esters is 1. The van der Waals surface area contributed by atoms with Gasteiger partial charge in [0.05, 0.1) is 0 Å². The van der Waals surface area contributed by atoms with Gasteiger partial charge in [0.2, 0.25) is 5.91 Å². The van der Waals surface area contributed by atoms with E-state index in [1.165, 1.54) is 0 Å². The molecule has 0 rings (SSSR count). The van der Waals surface area contributed by atoms with Crippen molar-refractivity contribution < 1.29 is 19.4 Å². The molecule has 5 nitrogen and oxygen atoms in total. The highest BCUT2D eigenvalue weighted by atomic mass is 16.6. The minimum absolute atomic E-state index is 0.148. The number of carbonyl (C=O) groups is 2. The lowest BCUT2D eigenvalue weighted by molar-refractivity contribution is -0.159. The molecule has 0 radical (unpaired) electrons. The molecule has 0 aromatic carbocycles. The van der Waals surface area contributed by atoms with Crippen molar-refractivity contribution in [2.75, 3.05) is 6.61 Å². The number of allylic oxidation sites excluding steroid dienone is 1. The van der Waals surface area contributed by atoms with E-state index in [9.17, 15) is 9.59 Å². The van der Waals surface area contributed by atoms with Crippen LogP contribution in [0, 0.1) is 0 Å². The average molecular weight is 257 g/mol. The quantitative estimate of drug-likeness (QED) is 0.530. The minimum Gasteiger partial charge on any atom is -0.458 e. The number of carbonyl (C=O) groups excluding carboxylic acids is 2. The van der Waals surface area contributed by atoms with E-state index in [1.807, 2.05) is 0 Å². The lowest BCUT2D eigenvalue weighted by Crippen LogP contribution is -2.44. The number of aliphatic hydroxyl groups is 1. The van der Waals surface area contributed by atoms with E-state index >= 15 is 0 Å². The Morgan fingerprint density at radius 2 is 2.06 bits per heavy atom. The molecule has 0 aromatic heterocycles. The van der Waals surface area contributed by atoms with E-state index in [-0.39, 0.29) is 25.4 Å². The normalized spacial score (nSPS) is 12.7. The summed E-state index contributed by atoms with van der Waals surface area (Å²) in [6, 6.07) is -0.799. The lowest BCUT2D eigenvalue weighted by Gasteiger charge is -2.24. The van der Waals surface area contributed by atoms with Gasteiger partial charge in [-0.15, -0.1) is 6.58 Å². The highest BCUT2D eigenvalue weighted by Crippen LogP contribution is 2.10. The molecule has 0 spiro atoms. The molecule has 104 valence electrons. The molecule has 2 N–H and O–H groups in total. The summed E-state index contributed by atoms with van der Waals surface area (Å²) in [6.07, 6.45) is 2.60. The third-order valence-corrected chi connectivity index (χ3v) is 2.02. The molecular weight excluding hydrogens is 234 g/mol. The van der Waals surface area contributed by atoms with Crippen molar-refractivity contribution in [1.29, 1.82) is 0 Å². The molecule has 0 aromatic rings. The standard InChI is InChI=1S/C13H23NO4/c1-5-6-7-11(16)14-10(8-9-15)12(17)18-13(2,3)4/h5,10,15H,1,6-9H2,2-4H3,(H,14,16)/t10-/m0/s1. The fraction of sp³-hybridized carbons (Fsp3) is 0.692. The van der Waals surface area contributed by atoms with Gasteiger partial charge in [-0.3, -0.25) is 4.79 Å². The molecule has 0 bridgehead atoms. The monoisotopic (exact) mass is 257 g/mol. The number of amides is 1. The van der Waals surface area contributed by atoms with Gasteiger partial charge in [0.25, 0.3) is 0 Å². The third-order valence-electron chi connectivity index (χ3n) is 2.02. The van der Waals surface area contributed by atoms with Gasteiger partial charge in [0.1, 0.15) is 11.6 Å². The fourth-order valence-electron chi connectivity index (χ4n) is 1.25. The molecule has 0 saturated heterocycles. The van der Waals surface area contributed by atoms with E-state index < -0.39 is 17.6 Å². The Bertz CT molecular complexity index is 294. The summed E-state index contributed by atoms with van der Waals surface area (Å²) in [6.45, 7) is 8.58. The van der Waals surface area contributed by atoms with Gasteiger partial charge in [0.15, 0.2) is 0 Å². The van der Waals surface area contributed by atoms with Crippen molar-refractivity contribution in [2.24, 2.45) is 0 Å². The predicted molar refractivity (Wildman–Crippen MR) is 68.9 cm³/mol. The Morgan fingerprint density at radius 1 is 1.44 bits per heavy atom.